The number of nitrogens with zero attached hydrogens (tertiary/aromatic N) is 5. The van der Waals surface area contributed by atoms with E-state index in [1.165, 1.54) is 24.3 Å². The van der Waals surface area contributed by atoms with Crippen molar-refractivity contribution >= 4 is 34.7 Å². The lowest BCUT2D eigenvalue weighted by atomic mass is 10.2. The summed E-state index contributed by atoms with van der Waals surface area (Å²) in [4.78, 5) is 27.3. The van der Waals surface area contributed by atoms with E-state index in [1.54, 1.807) is 0 Å². The summed E-state index contributed by atoms with van der Waals surface area (Å²) in [5.41, 5.74) is 2.40. The molecule has 1 aliphatic rings. The Morgan fingerprint density at radius 3 is 2.47 bits per heavy atom. The van der Waals surface area contributed by atoms with Crippen molar-refractivity contribution in [2.45, 2.75) is 5.22 Å². The van der Waals surface area contributed by atoms with Crippen LogP contribution in [0.4, 0.5) is 17.1 Å². The van der Waals surface area contributed by atoms with Crippen LogP contribution in [0, 0.1) is 10.1 Å². The fourth-order valence-electron chi connectivity index (χ4n) is 3.56. The van der Waals surface area contributed by atoms with Gasteiger partial charge in [-0.05, 0) is 36.4 Å². The Hall–Kier alpha value is -3.70. The highest BCUT2D eigenvalue weighted by molar-refractivity contribution is 7.99. The summed E-state index contributed by atoms with van der Waals surface area (Å²) in [6, 6.07) is 13.6. The third-order valence-electron chi connectivity index (χ3n) is 5.33. The highest BCUT2D eigenvalue weighted by atomic mass is 32.2. The summed E-state index contributed by atoms with van der Waals surface area (Å²) in [7, 11) is 0. The first-order valence-electron chi connectivity index (χ1n) is 10.7. The fraction of sp³-hybridized carbons (Fsp3) is 0.261. The van der Waals surface area contributed by atoms with E-state index in [2.05, 4.69) is 31.9 Å². The summed E-state index contributed by atoms with van der Waals surface area (Å²) in [6.45, 7) is 8.64. The summed E-state index contributed by atoms with van der Waals surface area (Å²) in [5, 5.41) is 21.7. The predicted molar refractivity (Wildman–Crippen MR) is 131 cm³/mol. The van der Waals surface area contributed by atoms with Gasteiger partial charge in [0.15, 0.2) is 0 Å². The second-order valence-corrected chi connectivity index (χ2v) is 8.56. The van der Waals surface area contributed by atoms with Crippen LogP contribution in [0.2, 0.25) is 0 Å². The van der Waals surface area contributed by atoms with Gasteiger partial charge in [-0.25, -0.2) is 0 Å². The van der Waals surface area contributed by atoms with E-state index in [4.69, 9.17) is 4.42 Å². The molecule has 1 fully saturated rings. The normalized spacial score (nSPS) is 14.1. The highest BCUT2D eigenvalue weighted by Crippen LogP contribution is 2.25. The standard InChI is InChI=1S/C23H24N6O4S/c1-2-11-27-12-14-28(15-13-27)19-9-5-18(6-10-19)24-21(30)16-34-23-26-25-22(33-23)17-3-7-20(8-4-17)29(31)32/h2-10H,1,11-16H2,(H,24,30). The van der Waals surface area contributed by atoms with Crippen LogP contribution in [0.15, 0.2) is 70.8 Å². The summed E-state index contributed by atoms with van der Waals surface area (Å²) >= 11 is 1.12. The monoisotopic (exact) mass is 480 g/mol. The number of hydrogen-bond donors (Lipinski definition) is 1. The van der Waals surface area contributed by atoms with Crippen LogP contribution < -0.4 is 10.2 Å². The van der Waals surface area contributed by atoms with Crippen LogP contribution >= 0.6 is 11.8 Å². The first-order valence-corrected chi connectivity index (χ1v) is 11.7. The van der Waals surface area contributed by atoms with Crippen molar-refractivity contribution in [3.8, 4) is 11.5 Å². The van der Waals surface area contributed by atoms with Crippen molar-refractivity contribution in [3.05, 3.63) is 71.3 Å². The number of hydrogen-bond acceptors (Lipinski definition) is 9. The lowest BCUT2D eigenvalue weighted by molar-refractivity contribution is -0.384. The maximum atomic E-state index is 12.3. The number of thioether (sulfide) groups is 1. The van der Waals surface area contributed by atoms with Gasteiger partial charge in [-0.1, -0.05) is 17.8 Å². The van der Waals surface area contributed by atoms with Crippen molar-refractivity contribution in [2.75, 3.05) is 48.7 Å². The maximum Gasteiger partial charge on any atom is 0.277 e. The second kappa shape index (κ2) is 10.9. The number of piperazine rings is 1. The van der Waals surface area contributed by atoms with Crippen molar-refractivity contribution in [3.63, 3.8) is 0 Å². The topological polar surface area (TPSA) is 118 Å². The molecule has 3 aromatic rings. The van der Waals surface area contributed by atoms with Crippen molar-refractivity contribution < 1.29 is 14.1 Å². The molecule has 1 amide bonds. The number of non-ortho nitro benzene ring substituents is 1. The number of anilines is 2. The van der Waals surface area contributed by atoms with Gasteiger partial charge in [-0.3, -0.25) is 19.8 Å². The molecule has 0 radical (unpaired) electrons. The Morgan fingerprint density at radius 1 is 1.12 bits per heavy atom. The molecule has 4 rings (SSSR count). The van der Waals surface area contributed by atoms with Gasteiger partial charge < -0.3 is 14.6 Å². The van der Waals surface area contributed by atoms with E-state index in [-0.39, 0.29) is 28.5 Å². The largest absolute Gasteiger partial charge is 0.411 e. The molecule has 1 saturated heterocycles. The van der Waals surface area contributed by atoms with Crippen LogP contribution in [0.3, 0.4) is 0 Å². The molecule has 1 aliphatic heterocycles. The van der Waals surface area contributed by atoms with Crippen molar-refractivity contribution in [2.24, 2.45) is 0 Å². The molecule has 34 heavy (non-hydrogen) atoms. The van der Waals surface area contributed by atoms with E-state index >= 15 is 0 Å². The molecule has 0 aliphatic carbocycles. The molecule has 2 aromatic carbocycles. The molecule has 0 atom stereocenters. The minimum atomic E-state index is -0.476. The van der Waals surface area contributed by atoms with Gasteiger partial charge in [0.05, 0.1) is 10.7 Å². The lowest BCUT2D eigenvalue weighted by Crippen LogP contribution is -2.46. The maximum absolute atomic E-state index is 12.3. The predicted octanol–water partition coefficient (Wildman–Crippen LogP) is 3.68. The molecule has 0 spiro atoms. The van der Waals surface area contributed by atoms with Gasteiger partial charge in [0.1, 0.15) is 0 Å². The third-order valence-corrected chi connectivity index (χ3v) is 6.15. The Morgan fingerprint density at radius 2 is 1.82 bits per heavy atom. The molecule has 1 N–H and O–H groups in total. The van der Waals surface area contributed by atoms with E-state index in [0.29, 0.717) is 5.56 Å². The van der Waals surface area contributed by atoms with E-state index in [0.717, 1.165) is 55.9 Å². The minimum absolute atomic E-state index is 0.0198. The van der Waals surface area contributed by atoms with E-state index in [1.807, 2.05) is 30.3 Å². The van der Waals surface area contributed by atoms with Crippen LogP contribution in [-0.4, -0.2) is 64.4 Å². The number of nitro benzene ring substituents is 1. The van der Waals surface area contributed by atoms with Crippen molar-refractivity contribution in [1.29, 1.82) is 0 Å². The van der Waals surface area contributed by atoms with Crippen molar-refractivity contribution in [1.82, 2.24) is 15.1 Å². The highest BCUT2D eigenvalue weighted by Gasteiger charge is 2.16. The van der Waals surface area contributed by atoms with Crippen LogP contribution in [0.5, 0.6) is 0 Å². The first-order chi connectivity index (χ1) is 16.5. The Kier molecular flexibility index (Phi) is 7.55. The molecule has 2 heterocycles. The Labute approximate surface area is 200 Å². The number of nitrogens with one attached hydrogen (secondary N) is 1. The van der Waals surface area contributed by atoms with Gasteiger partial charge in [-0.2, -0.15) is 0 Å². The zero-order valence-electron chi connectivity index (χ0n) is 18.4. The zero-order valence-corrected chi connectivity index (χ0v) is 19.2. The van der Waals surface area contributed by atoms with Crippen LogP contribution in [0.1, 0.15) is 0 Å². The second-order valence-electron chi connectivity index (χ2n) is 7.64. The summed E-state index contributed by atoms with van der Waals surface area (Å²) < 4.78 is 5.55. The number of aromatic nitrogens is 2. The Balaban J connectivity index is 1.25. The number of carbonyl (C=O) groups excluding carboxylic acids is 1. The van der Waals surface area contributed by atoms with Gasteiger partial charge in [0.25, 0.3) is 10.9 Å². The average Bonchev–Trinajstić information content (AvgIpc) is 3.33. The minimum Gasteiger partial charge on any atom is -0.411 e. The molecule has 0 saturated carbocycles. The van der Waals surface area contributed by atoms with E-state index < -0.39 is 4.92 Å². The number of rotatable bonds is 9. The van der Waals surface area contributed by atoms with Gasteiger partial charge in [0.2, 0.25) is 11.8 Å². The van der Waals surface area contributed by atoms with E-state index in [9.17, 15) is 14.9 Å². The van der Waals surface area contributed by atoms with Gasteiger partial charge in [0, 0.05) is 61.8 Å². The van der Waals surface area contributed by atoms with Gasteiger partial charge >= 0.3 is 0 Å². The number of nitro groups is 1. The average molecular weight is 481 g/mol. The lowest BCUT2D eigenvalue weighted by Gasteiger charge is -2.35. The molecular formula is C23H24N6O4S. The smallest absolute Gasteiger partial charge is 0.277 e. The number of amides is 1. The molecule has 11 heteroatoms. The molecule has 0 bridgehead atoms. The van der Waals surface area contributed by atoms with Gasteiger partial charge in [-0.15, -0.1) is 16.8 Å². The fourth-order valence-corrected chi connectivity index (χ4v) is 4.12. The quantitative estimate of drug-likeness (QED) is 0.212. The number of benzene rings is 2. The number of carbonyl (C=O) groups is 1. The Bertz CT molecular complexity index is 1140. The van der Waals surface area contributed by atoms with Crippen LogP contribution in [0.25, 0.3) is 11.5 Å². The molecule has 1 aromatic heterocycles. The molecule has 176 valence electrons. The first kappa shape index (κ1) is 23.5. The zero-order chi connectivity index (χ0) is 23.9. The van der Waals surface area contributed by atoms with Crippen LogP contribution in [-0.2, 0) is 4.79 Å². The third kappa shape index (κ3) is 6.00. The molecular weight excluding hydrogens is 456 g/mol. The molecule has 0 unspecified atom stereocenters. The summed E-state index contributed by atoms with van der Waals surface area (Å²) in [6.07, 6.45) is 1.93. The SMILES string of the molecule is C=CCN1CCN(c2ccc(NC(=O)CSc3nnc(-c4ccc([N+](=O)[O-])cc4)o3)cc2)CC1. The molecule has 10 nitrogen and oxygen atoms in total. The summed E-state index contributed by atoms with van der Waals surface area (Å²) in [5.74, 6) is 0.152.